The van der Waals surface area contributed by atoms with Crippen LogP contribution in [0.3, 0.4) is 0 Å². The van der Waals surface area contributed by atoms with E-state index in [1.54, 1.807) is 25.6 Å². The molecule has 0 aliphatic carbocycles. The number of halogens is 1. The molecule has 1 aromatic carbocycles. The predicted octanol–water partition coefficient (Wildman–Crippen LogP) is 3.08. The monoisotopic (exact) mass is 306 g/mol. The standard InChI is InChI=1S/C16H19ClN2O2/c1-18-11-13-9-14(17)10-15(20-2)16(13)21-8-5-12-3-6-19-7-4-12/h3-4,6-7,9-10,18H,5,8,11H2,1-2H3. The van der Waals surface area contributed by atoms with Gasteiger partial charge in [-0.1, -0.05) is 11.6 Å². The molecule has 4 nitrogen and oxygen atoms in total. The van der Waals surface area contributed by atoms with Gasteiger partial charge < -0.3 is 14.8 Å². The summed E-state index contributed by atoms with van der Waals surface area (Å²) >= 11 is 6.10. The molecular formula is C16H19ClN2O2. The molecule has 0 amide bonds. The average molecular weight is 307 g/mol. The maximum absolute atomic E-state index is 6.10. The Hall–Kier alpha value is -1.78. The molecule has 1 heterocycles. The largest absolute Gasteiger partial charge is 0.493 e. The molecule has 0 spiro atoms. The van der Waals surface area contributed by atoms with Gasteiger partial charge in [-0.2, -0.15) is 0 Å². The Labute approximate surface area is 130 Å². The number of pyridine rings is 1. The number of hydrogen-bond donors (Lipinski definition) is 1. The molecule has 5 heteroatoms. The normalized spacial score (nSPS) is 10.4. The van der Waals surface area contributed by atoms with Crippen LogP contribution >= 0.6 is 11.6 Å². The molecule has 1 N–H and O–H groups in total. The second-order valence-electron chi connectivity index (χ2n) is 4.58. The molecule has 0 fully saturated rings. The van der Waals surface area contributed by atoms with Gasteiger partial charge in [-0.25, -0.2) is 0 Å². The number of nitrogens with one attached hydrogen (secondary N) is 1. The van der Waals surface area contributed by atoms with Crippen molar-refractivity contribution < 1.29 is 9.47 Å². The first-order valence-electron chi connectivity index (χ1n) is 6.77. The molecule has 112 valence electrons. The van der Waals surface area contributed by atoms with Crippen LogP contribution in [0, 0.1) is 0 Å². The van der Waals surface area contributed by atoms with E-state index in [2.05, 4.69) is 10.3 Å². The van der Waals surface area contributed by atoms with E-state index >= 15 is 0 Å². The van der Waals surface area contributed by atoms with Gasteiger partial charge in [-0.05, 0) is 30.8 Å². The van der Waals surface area contributed by atoms with E-state index in [4.69, 9.17) is 21.1 Å². The highest BCUT2D eigenvalue weighted by atomic mass is 35.5. The first-order chi connectivity index (χ1) is 10.2. The Morgan fingerprint density at radius 2 is 2.00 bits per heavy atom. The molecule has 2 rings (SSSR count). The number of nitrogens with zero attached hydrogens (tertiary/aromatic N) is 1. The molecule has 0 radical (unpaired) electrons. The van der Waals surface area contributed by atoms with Gasteiger partial charge in [0.2, 0.25) is 0 Å². The van der Waals surface area contributed by atoms with E-state index in [0.29, 0.717) is 23.9 Å². The van der Waals surface area contributed by atoms with Gasteiger partial charge in [0.05, 0.1) is 13.7 Å². The van der Waals surface area contributed by atoms with Crippen molar-refractivity contribution in [1.82, 2.24) is 10.3 Å². The molecule has 2 aromatic rings. The highest BCUT2D eigenvalue weighted by molar-refractivity contribution is 6.30. The molecule has 0 saturated carbocycles. The summed E-state index contributed by atoms with van der Waals surface area (Å²) < 4.78 is 11.3. The van der Waals surface area contributed by atoms with E-state index in [1.807, 2.05) is 25.2 Å². The van der Waals surface area contributed by atoms with E-state index in [-0.39, 0.29) is 0 Å². The first-order valence-corrected chi connectivity index (χ1v) is 7.15. The summed E-state index contributed by atoms with van der Waals surface area (Å²) in [6, 6.07) is 7.62. The van der Waals surface area contributed by atoms with Gasteiger partial charge in [-0.3, -0.25) is 4.98 Å². The summed E-state index contributed by atoms with van der Waals surface area (Å²) in [6.07, 6.45) is 4.38. The van der Waals surface area contributed by atoms with Crippen molar-refractivity contribution in [2.45, 2.75) is 13.0 Å². The zero-order valence-corrected chi connectivity index (χ0v) is 13.0. The van der Waals surface area contributed by atoms with Crippen LogP contribution in [-0.4, -0.2) is 25.7 Å². The fraction of sp³-hybridized carbons (Fsp3) is 0.312. The minimum Gasteiger partial charge on any atom is -0.493 e. The second kappa shape index (κ2) is 7.86. The zero-order chi connectivity index (χ0) is 15.1. The third kappa shape index (κ3) is 4.34. The summed E-state index contributed by atoms with van der Waals surface area (Å²) in [5.41, 5.74) is 2.17. The van der Waals surface area contributed by atoms with E-state index in [1.165, 1.54) is 5.56 Å². The summed E-state index contributed by atoms with van der Waals surface area (Å²) in [4.78, 5) is 4.00. The lowest BCUT2D eigenvalue weighted by Crippen LogP contribution is -2.10. The van der Waals surface area contributed by atoms with Gasteiger partial charge in [0.15, 0.2) is 11.5 Å². The lowest BCUT2D eigenvalue weighted by atomic mass is 10.1. The van der Waals surface area contributed by atoms with Crippen LogP contribution in [0.5, 0.6) is 11.5 Å². The maximum atomic E-state index is 6.10. The molecule has 0 aliphatic rings. The van der Waals surface area contributed by atoms with Crippen LogP contribution in [0.2, 0.25) is 5.02 Å². The number of hydrogen-bond acceptors (Lipinski definition) is 4. The molecular weight excluding hydrogens is 288 g/mol. The van der Waals surface area contributed by atoms with Crippen LogP contribution < -0.4 is 14.8 Å². The Morgan fingerprint density at radius 3 is 2.67 bits per heavy atom. The maximum Gasteiger partial charge on any atom is 0.165 e. The fourth-order valence-electron chi connectivity index (χ4n) is 2.08. The number of ether oxygens (including phenoxy) is 2. The van der Waals surface area contributed by atoms with E-state index < -0.39 is 0 Å². The summed E-state index contributed by atoms with van der Waals surface area (Å²) in [5.74, 6) is 1.40. The number of benzene rings is 1. The molecule has 0 saturated heterocycles. The Bertz CT molecular complexity index is 576. The molecule has 1 aromatic heterocycles. The van der Waals surface area contributed by atoms with Gasteiger partial charge in [-0.15, -0.1) is 0 Å². The number of methoxy groups -OCH3 is 1. The molecule has 21 heavy (non-hydrogen) atoms. The van der Waals surface area contributed by atoms with Gasteiger partial charge in [0.25, 0.3) is 0 Å². The topological polar surface area (TPSA) is 43.4 Å². The highest BCUT2D eigenvalue weighted by Gasteiger charge is 2.12. The van der Waals surface area contributed by atoms with E-state index in [0.717, 1.165) is 17.7 Å². The Morgan fingerprint density at radius 1 is 1.24 bits per heavy atom. The Kier molecular flexibility index (Phi) is 5.84. The smallest absolute Gasteiger partial charge is 0.165 e. The molecule has 0 atom stereocenters. The second-order valence-corrected chi connectivity index (χ2v) is 5.02. The van der Waals surface area contributed by atoms with Gasteiger partial charge in [0, 0.05) is 42.0 Å². The number of rotatable bonds is 7. The van der Waals surface area contributed by atoms with Crippen molar-refractivity contribution in [1.29, 1.82) is 0 Å². The van der Waals surface area contributed by atoms with Gasteiger partial charge in [0.1, 0.15) is 0 Å². The zero-order valence-electron chi connectivity index (χ0n) is 12.2. The molecule has 0 unspecified atom stereocenters. The van der Waals surface area contributed by atoms with Crippen molar-refractivity contribution in [2.75, 3.05) is 20.8 Å². The minimum absolute atomic E-state index is 0.568. The van der Waals surface area contributed by atoms with Crippen LogP contribution in [0.1, 0.15) is 11.1 Å². The van der Waals surface area contributed by atoms with Crippen molar-refractivity contribution in [3.8, 4) is 11.5 Å². The van der Waals surface area contributed by atoms with Gasteiger partial charge >= 0.3 is 0 Å². The average Bonchev–Trinajstić information content (AvgIpc) is 2.50. The summed E-state index contributed by atoms with van der Waals surface area (Å²) in [6.45, 7) is 1.24. The van der Waals surface area contributed by atoms with Crippen molar-refractivity contribution in [3.63, 3.8) is 0 Å². The van der Waals surface area contributed by atoms with Crippen molar-refractivity contribution in [2.24, 2.45) is 0 Å². The third-order valence-electron chi connectivity index (χ3n) is 3.07. The van der Waals surface area contributed by atoms with E-state index in [9.17, 15) is 0 Å². The molecule has 0 bridgehead atoms. The Balaban J connectivity index is 2.10. The van der Waals surface area contributed by atoms with Crippen LogP contribution in [0.25, 0.3) is 0 Å². The van der Waals surface area contributed by atoms with Crippen molar-refractivity contribution >= 4 is 11.6 Å². The molecule has 0 aliphatic heterocycles. The first kappa shape index (κ1) is 15.6. The number of aromatic nitrogens is 1. The fourth-order valence-corrected chi connectivity index (χ4v) is 2.31. The lowest BCUT2D eigenvalue weighted by molar-refractivity contribution is 0.294. The quantitative estimate of drug-likeness (QED) is 0.853. The SMILES string of the molecule is CNCc1cc(Cl)cc(OC)c1OCCc1ccncc1. The van der Waals surface area contributed by atoms with Crippen LogP contribution in [0.4, 0.5) is 0 Å². The summed E-state index contributed by atoms with van der Waals surface area (Å²) in [7, 11) is 3.50. The van der Waals surface area contributed by atoms with Crippen LogP contribution in [0.15, 0.2) is 36.7 Å². The lowest BCUT2D eigenvalue weighted by Gasteiger charge is -2.15. The summed E-state index contributed by atoms with van der Waals surface area (Å²) in [5, 5.41) is 3.75. The third-order valence-corrected chi connectivity index (χ3v) is 3.29. The van der Waals surface area contributed by atoms with Crippen molar-refractivity contribution in [3.05, 3.63) is 52.8 Å². The predicted molar refractivity (Wildman–Crippen MR) is 84.2 cm³/mol. The minimum atomic E-state index is 0.568. The van der Waals surface area contributed by atoms with Crippen LogP contribution in [-0.2, 0) is 13.0 Å². The highest BCUT2D eigenvalue weighted by Crippen LogP contribution is 2.34.